The molecule has 0 radical (unpaired) electrons. The maximum Gasteiger partial charge on any atom is 0.305 e. The van der Waals surface area contributed by atoms with E-state index >= 15 is 0 Å². The molecule has 8 heteroatoms. The molecule has 0 aromatic carbocycles. The zero-order valence-electron chi connectivity index (χ0n) is 8.36. The zero-order chi connectivity index (χ0) is 12.1. The highest BCUT2D eigenvalue weighted by Crippen LogP contribution is 2.22. The van der Waals surface area contributed by atoms with Crippen molar-refractivity contribution in [2.24, 2.45) is 0 Å². The summed E-state index contributed by atoms with van der Waals surface area (Å²) >= 11 is 1.17. The lowest BCUT2D eigenvalue weighted by Crippen LogP contribution is -2.06. The average Bonchev–Trinajstić information content (AvgIpc) is 2.16. The van der Waals surface area contributed by atoms with Gasteiger partial charge in [-0.15, -0.1) is 0 Å². The maximum atomic E-state index is 10.4. The van der Waals surface area contributed by atoms with Crippen molar-refractivity contribution in [3.63, 3.8) is 0 Å². The summed E-state index contributed by atoms with van der Waals surface area (Å²) in [5.74, 6) is -0.901. The Balaban J connectivity index is 2.61. The largest absolute Gasteiger partial charge is 0.481 e. The monoisotopic (exact) mass is 243 g/mol. The maximum absolute atomic E-state index is 10.4. The molecule has 1 N–H and O–H groups in total. The zero-order valence-corrected chi connectivity index (χ0v) is 9.18. The summed E-state index contributed by atoms with van der Waals surface area (Å²) in [4.78, 5) is 27.7. The normalized spacial score (nSPS) is 12.1. The van der Waals surface area contributed by atoms with Gasteiger partial charge in [0.15, 0.2) is 5.16 Å². The quantitative estimate of drug-likeness (QED) is 0.360. The highest BCUT2D eigenvalue weighted by Gasteiger charge is 2.12. The first kappa shape index (κ1) is 12.4. The molecule has 0 spiro atoms. The number of nitrogens with zero attached hydrogens (tertiary/aromatic N) is 3. The Labute approximate surface area is 95.1 Å². The second kappa shape index (κ2) is 5.40. The molecule has 0 aliphatic heterocycles. The Morgan fingerprint density at radius 2 is 2.19 bits per heavy atom. The fourth-order valence-electron chi connectivity index (χ4n) is 0.932. The minimum absolute atomic E-state index is 0.00891. The van der Waals surface area contributed by atoms with Crippen LogP contribution in [-0.4, -0.2) is 31.2 Å². The van der Waals surface area contributed by atoms with Crippen LogP contribution in [0.25, 0.3) is 0 Å². The van der Waals surface area contributed by atoms with Gasteiger partial charge in [0, 0.05) is 5.25 Å². The lowest BCUT2D eigenvalue weighted by atomic mass is 10.3. The molecule has 0 amide bonds. The average molecular weight is 243 g/mol. The van der Waals surface area contributed by atoms with Gasteiger partial charge in [0.1, 0.15) is 12.4 Å². The van der Waals surface area contributed by atoms with Crippen molar-refractivity contribution < 1.29 is 14.8 Å². The number of hydrogen-bond donors (Lipinski definition) is 1. The van der Waals surface area contributed by atoms with Gasteiger partial charge in [0.25, 0.3) is 0 Å². The summed E-state index contributed by atoms with van der Waals surface area (Å²) in [7, 11) is 0. The van der Waals surface area contributed by atoms with E-state index < -0.39 is 10.9 Å². The van der Waals surface area contributed by atoms with Crippen LogP contribution in [0.5, 0.6) is 0 Å². The Kier molecular flexibility index (Phi) is 4.18. The van der Waals surface area contributed by atoms with E-state index in [1.807, 2.05) is 0 Å². The summed E-state index contributed by atoms with van der Waals surface area (Å²) in [6.07, 6.45) is 2.19. The number of nitro groups is 1. The molecule has 16 heavy (non-hydrogen) atoms. The van der Waals surface area contributed by atoms with Crippen LogP contribution >= 0.6 is 11.8 Å². The number of rotatable bonds is 5. The van der Waals surface area contributed by atoms with E-state index in [2.05, 4.69) is 9.97 Å². The van der Waals surface area contributed by atoms with E-state index in [1.165, 1.54) is 11.8 Å². The van der Waals surface area contributed by atoms with E-state index in [0.29, 0.717) is 5.16 Å². The third-order valence-electron chi connectivity index (χ3n) is 1.59. The minimum Gasteiger partial charge on any atom is -0.481 e. The molecular weight excluding hydrogens is 234 g/mol. The van der Waals surface area contributed by atoms with Gasteiger partial charge in [-0.3, -0.25) is 14.9 Å². The third-order valence-corrected chi connectivity index (χ3v) is 2.58. The van der Waals surface area contributed by atoms with Crippen molar-refractivity contribution in [3.8, 4) is 0 Å². The second-order valence-electron chi connectivity index (χ2n) is 3.01. The van der Waals surface area contributed by atoms with Crippen molar-refractivity contribution >= 4 is 23.4 Å². The Morgan fingerprint density at radius 1 is 1.62 bits per heavy atom. The first-order valence-electron chi connectivity index (χ1n) is 4.34. The first-order valence-corrected chi connectivity index (χ1v) is 5.22. The van der Waals surface area contributed by atoms with Crippen LogP contribution in [0.15, 0.2) is 17.6 Å². The molecule has 0 saturated carbocycles. The second-order valence-corrected chi connectivity index (χ2v) is 4.41. The third kappa shape index (κ3) is 3.81. The van der Waals surface area contributed by atoms with Gasteiger partial charge >= 0.3 is 11.7 Å². The lowest BCUT2D eigenvalue weighted by Gasteiger charge is -2.05. The number of carboxylic acids is 1. The van der Waals surface area contributed by atoms with Gasteiger partial charge in [-0.1, -0.05) is 18.7 Å². The predicted molar refractivity (Wildman–Crippen MR) is 56.3 cm³/mol. The molecule has 7 nitrogen and oxygen atoms in total. The lowest BCUT2D eigenvalue weighted by molar-refractivity contribution is -0.385. The van der Waals surface area contributed by atoms with Crippen molar-refractivity contribution in [1.29, 1.82) is 0 Å². The Morgan fingerprint density at radius 3 is 2.62 bits per heavy atom. The fourth-order valence-corrected chi connectivity index (χ4v) is 1.74. The van der Waals surface area contributed by atoms with Crippen LogP contribution in [0.4, 0.5) is 5.69 Å². The molecule has 1 aromatic heterocycles. The van der Waals surface area contributed by atoms with Gasteiger partial charge in [-0.2, -0.15) is 0 Å². The van der Waals surface area contributed by atoms with Gasteiger partial charge in [0.05, 0.1) is 11.3 Å². The van der Waals surface area contributed by atoms with Crippen LogP contribution in [0.3, 0.4) is 0 Å². The van der Waals surface area contributed by atoms with E-state index in [9.17, 15) is 14.9 Å². The number of thioether (sulfide) groups is 1. The molecule has 0 bridgehead atoms. The van der Waals surface area contributed by atoms with Crippen molar-refractivity contribution in [1.82, 2.24) is 9.97 Å². The van der Waals surface area contributed by atoms with Crippen LogP contribution in [0.2, 0.25) is 0 Å². The van der Waals surface area contributed by atoms with Gasteiger partial charge in [-0.25, -0.2) is 9.97 Å². The standard InChI is InChI=1S/C8H9N3O4S/c1-5(2-7(12)13)16-8-9-3-6(4-10-8)11(14)15/h3-5H,2H2,1H3,(H,12,13). The SMILES string of the molecule is CC(CC(=O)O)Sc1ncc([N+](=O)[O-])cn1. The van der Waals surface area contributed by atoms with E-state index in [1.54, 1.807) is 6.92 Å². The van der Waals surface area contributed by atoms with Crippen LogP contribution in [0.1, 0.15) is 13.3 Å². The van der Waals surface area contributed by atoms with Gasteiger partial charge in [-0.05, 0) is 0 Å². The van der Waals surface area contributed by atoms with Crippen molar-refractivity contribution in [2.75, 3.05) is 0 Å². The molecule has 1 heterocycles. The number of aromatic nitrogens is 2. The minimum atomic E-state index is -0.901. The van der Waals surface area contributed by atoms with E-state index in [4.69, 9.17) is 5.11 Å². The fraction of sp³-hybridized carbons (Fsp3) is 0.375. The van der Waals surface area contributed by atoms with E-state index in [-0.39, 0.29) is 17.4 Å². The van der Waals surface area contributed by atoms with Crippen LogP contribution in [0, 0.1) is 10.1 Å². The molecule has 0 aliphatic carbocycles. The molecule has 0 fully saturated rings. The summed E-state index contributed by atoms with van der Waals surface area (Å²) in [5, 5.41) is 19.0. The first-order chi connectivity index (χ1) is 7.49. The number of aliphatic carboxylic acids is 1. The van der Waals surface area contributed by atoms with E-state index in [0.717, 1.165) is 12.4 Å². The molecule has 1 atom stereocenters. The molecule has 1 unspecified atom stereocenters. The highest BCUT2D eigenvalue weighted by atomic mass is 32.2. The predicted octanol–water partition coefficient (Wildman–Crippen LogP) is 1.34. The molecule has 1 rings (SSSR count). The molecule has 86 valence electrons. The Hall–Kier alpha value is -1.70. The summed E-state index contributed by atoms with van der Waals surface area (Å²) in [6, 6.07) is 0. The van der Waals surface area contributed by atoms with Crippen LogP contribution in [-0.2, 0) is 4.79 Å². The summed E-state index contributed by atoms with van der Waals surface area (Å²) in [6.45, 7) is 1.73. The topological polar surface area (TPSA) is 106 Å². The molecular formula is C8H9N3O4S. The summed E-state index contributed by atoms with van der Waals surface area (Å²) < 4.78 is 0. The number of carbonyl (C=O) groups is 1. The highest BCUT2D eigenvalue weighted by molar-refractivity contribution is 7.99. The molecule has 0 aliphatic rings. The molecule has 0 saturated heterocycles. The number of hydrogen-bond acceptors (Lipinski definition) is 6. The summed E-state index contributed by atoms with van der Waals surface area (Å²) in [5.41, 5.74) is -0.185. The Bertz CT molecular complexity index is 395. The van der Waals surface area contributed by atoms with Gasteiger partial charge < -0.3 is 5.11 Å². The number of carboxylic acid groups (broad SMARTS) is 1. The smallest absolute Gasteiger partial charge is 0.305 e. The molecule has 1 aromatic rings. The van der Waals surface area contributed by atoms with Crippen molar-refractivity contribution in [2.45, 2.75) is 23.8 Å². The van der Waals surface area contributed by atoms with Crippen LogP contribution < -0.4 is 0 Å². The van der Waals surface area contributed by atoms with Crippen molar-refractivity contribution in [3.05, 3.63) is 22.5 Å². The van der Waals surface area contributed by atoms with Gasteiger partial charge in [0.2, 0.25) is 0 Å².